The Kier molecular flexibility index (Phi) is 18.9. The molecule has 0 radical (unpaired) electrons. The molecular formula is C120H81N9S. The molecule has 1 aliphatic rings. The largest absolute Gasteiger partial charge is 0.316 e. The Morgan fingerprint density at radius 1 is 0.292 bits per heavy atom. The molecule has 0 unspecified atom stereocenters. The van der Waals surface area contributed by atoms with Gasteiger partial charge in [-0.3, -0.25) is 15.0 Å². The maximum absolute atomic E-state index is 5.21. The number of hydrogen-bond acceptors (Lipinski definition) is 6. The number of hydrogen-bond donors (Lipinski definition) is 0. The Morgan fingerprint density at radius 3 is 1.65 bits per heavy atom. The second-order valence-electron chi connectivity index (χ2n) is 33.8. The van der Waals surface area contributed by atoms with E-state index in [1.165, 1.54) is 125 Å². The topological polar surface area (TPSA) is 84.2 Å². The van der Waals surface area contributed by atoms with Gasteiger partial charge in [-0.1, -0.05) is 311 Å². The SMILES string of the molecule is CC1(C)C(c2ccccc2)=C(c2ccccc2)c2ccc3c4ccccc4n(-c4cccc(-c5ccc6ccc7cccnc7c6n5)c4)c3c21.c1ccc(-c2cc(-c3ccccc3)nc(-c3ncccc3-n3ccc4c5sc6ccccc6c5ccc43)c2)cc1.c1ccc(-c2cccc(-c3cc4c(c5ccncc5n4-c4ccccc4)c4c3ccn4-c3ccccc3)c2)cc1. The number of thiophene rings is 1. The van der Waals surface area contributed by atoms with Gasteiger partial charge in [0.2, 0.25) is 0 Å². The lowest BCUT2D eigenvalue weighted by Crippen LogP contribution is -2.18. The molecule has 612 valence electrons. The molecule has 26 rings (SSSR count). The summed E-state index contributed by atoms with van der Waals surface area (Å²) in [5.74, 6) is 0. The second-order valence-corrected chi connectivity index (χ2v) is 34.9. The van der Waals surface area contributed by atoms with Gasteiger partial charge in [0.15, 0.2) is 0 Å². The van der Waals surface area contributed by atoms with Crippen molar-refractivity contribution in [2.75, 3.05) is 0 Å². The molecule has 130 heavy (non-hydrogen) atoms. The van der Waals surface area contributed by atoms with Crippen molar-refractivity contribution in [1.29, 1.82) is 0 Å². The van der Waals surface area contributed by atoms with Gasteiger partial charge in [0.1, 0.15) is 5.69 Å². The molecule has 0 aliphatic heterocycles. The van der Waals surface area contributed by atoms with Gasteiger partial charge in [-0.25, -0.2) is 9.97 Å². The molecule has 0 saturated carbocycles. The van der Waals surface area contributed by atoms with Crippen LogP contribution in [-0.4, -0.2) is 43.2 Å². The first-order chi connectivity index (χ1) is 64.3. The van der Waals surface area contributed by atoms with Gasteiger partial charge in [-0.05, 0) is 188 Å². The first-order valence-corrected chi connectivity index (χ1v) is 45.0. The predicted molar refractivity (Wildman–Crippen MR) is 543 cm³/mol. The van der Waals surface area contributed by atoms with Gasteiger partial charge in [0.05, 0.1) is 73.1 Å². The van der Waals surface area contributed by atoms with Crippen molar-refractivity contribution in [3.8, 4) is 90.0 Å². The first-order valence-electron chi connectivity index (χ1n) is 44.1. The summed E-state index contributed by atoms with van der Waals surface area (Å²) in [5, 5.41) is 12.2. The van der Waals surface area contributed by atoms with E-state index in [2.05, 4.69) is 444 Å². The molecule has 0 fully saturated rings. The van der Waals surface area contributed by atoms with E-state index in [0.29, 0.717) is 0 Å². The van der Waals surface area contributed by atoms with Crippen molar-refractivity contribution in [2.45, 2.75) is 19.3 Å². The zero-order chi connectivity index (χ0) is 86.3. The fourth-order valence-corrected chi connectivity index (χ4v) is 21.3. The second kappa shape index (κ2) is 32.0. The average Bonchev–Trinajstić information content (AvgIpc) is 1.53. The summed E-state index contributed by atoms with van der Waals surface area (Å²) in [6.45, 7) is 4.80. The Bertz CT molecular complexity index is 8670. The van der Waals surface area contributed by atoms with E-state index < -0.39 is 0 Å². The molecule has 0 saturated heterocycles. The predicted octanol–water partition coefficient (Wildman–Crippen LogP) is 31.0. The number of rotatable bonds is 12. The summed E-state index contributed by atoms with van der Waals surface area (Å²) in [5.41, 5.74) is 33.7. The highest BCUT2D eigenvalue weighted by Crippen LogP contribution is 2.57. The van der Waals surface area contributed by atoms with Crippen LogP contribution in [0.3, 0.4) is 0 Å². The Hall–Kier alpha value is -16.8. The summed E-state index contributed by atoms with van der Waals surface area (Å²) < 4.78 is 12.1. The maximum atomic E-state index is 5.21. The maximum Gasteiger partial charge on any atom is 0.113 e. The molecule has 0 spiro atoms. The third kappa shape index (κ3) is 13.2. The van der Waals surface area contributed by atoms with Gasteiger partial charge < -0.3 is 18.3 Å². The molecule has 0 bridgehead atoms. The molecule has 10 heteroatoms. The van der Waals surface area contributed by atoms with Crippen LogP contribution in [0.25, 0.3) is 209 Å². The Balaban J connectivity index is 0.000000109. The minimum absolute atomic E-state index is 0.279. The number of nitrogens with zero attached hydrogens (tertiary/aromatic N) is 9. The van der Waals surface area contributed by atoms with Crippen molar-refractivity contribution in [1.82, 2.24) is 43.2 Å². The highest BCUT2D eigenvalue weighted by molar-refractivity contribution is 7.26. The van der Waals surface area contributed by atoms with Gasteiger partial charge >= 0.3 is 0 Å². The summed E-state index contributed by atoms with van der Waals surface area (Å²) >= 11 is 1.86. The molecule has 10 aromatic heterocycles. The van der Waals surface area contributed by atoms with Crippen LogP contribution in [0.15, 0.2) is 456 Å². The molecule has 0 atom stereocenters. The van der Waals surface area contributed by atoms with Crippen LogP contribution in [0.4, 0.5) is 0 Å². The van der Waals surface area contributed by atoms with Crippen LogP contribution in [0.5, 0.6) is 0 Å². The molecule has 9 nitrogen and oxygen atoms in total. The van der Waals surface area contributed by atoms with Crippen LogP contribution in [-0.2, 0) is 5.41 Å². The van der Waals surface area contributed by atoms with Crippen molar-refractivity contribution in [3.63, 3.8) is 0 Å². The summed E-state index contributed by atoms with van der Waals surface area (Å²) in [6, 6.07) is 149. The van der Waals surface area contributed by atoms with Crippen LogP contribution < -0.4 is 0 Å². The normalized spacial score (nSPS) is 12.4. The quantitative estimate of drug-likeness (QED) is 0.114. The van der Waals surface area contributed by atoms with Crippen molar-refractivity contribution >= 4 is 130 Å². The lowest BCUT2D eigenvalue weighted by Gasteiger charge is -2.27. The van der Waals surface area contributed by atoms with E-state index in [-0.39, 0.29) is 5.41 Å². The molecule has 1 aliphatic carbocycles. The van der Waals surface area contributed by atoms with E-state index in [4.69, 9.17) is 19.9 Å². The summed E-state index contributed by atoms with van der Waals surface area (Å²) in [6.07, 6.45) is 12.0. The molecule has 0 amide bonds. The van der Waals surface area contributed by atoms with Gasteiger partial charge in [0.25, 0.3) is 0 Å². The smallest absolute Gasteiger partial charge is 0.113 e. The van der Waals surface area contributed by atoms with Gasteiger partial charge in [0, 0.05) is 128 Å². The standard InChI is InChI=1S/C47H33N3.C37H25N3.C36H23N3S/c1-47(2)42(31-15-7-4-8-16-31)41(30-13-5-3-6-14-30)38-26-25-37-36-20-9-10-21-40(36)50(46(37)43(38)47)35-19-11-17-34(29-35)39-27-24-33-23-22-32-18-12-28-48-44(32)45(33)49-39;1-4-11-26(12-5-1)27-13-10-14-28(23-27)33-24-34-36(37-31(33)20-22-39(37)29-15-6-2-7-16-29)32-19-21-38-25-35(32)40(34)30-17-8-3-9-18-30;1-3-10-24(11-4-1)26-22-30(25-12-5-2-6-13-25)38-31(23-26)35-33(15-9-20-37-35)39-21-19-29-32(39)18-17-28-27-14-7-8-16-34(27)40-36(28)29/h3-29H,1-2H3;1-25H;1-23H. The van der Waals surface area contributed by atoms with Crippen molar-refractivity contribution in [2.24, 2.45) is 0 Å². The molecule has 25 aromatic rings. The highest BCUT2D eigenvalue weighted by atomic mass is 32.1. The number of benzene rings is 15. The van der Waals surface area contributed by atoms with Crippen LogP contribution in [0.1, 0.15) is 36.1 Å². The molecule has 10 heterocycles. The number of fused-ring (bicyclic) bond motifs is 18. The number of pyridine rings is 5. The van der Waals surface area contributed by atoms with E-state index in [9.17, 15) is 0 Å². The zero-order valence-corrected chi connectivity index (χ0v) is 72.1. The minimum Gasteiger partial charge on any atom is -0.316 e. The number of para-hydroxylation sites is 3. The average molecular weight is 1680 g/mol. The molecule has 15 aromatic carbocycles. The Labute approximate surface area is 755 Å². The van der Waals surface area contributed by atoms with Gasteiger partial charge in [-0.2, -0.15) is 0 Å². The third-order valence-electron chi connectivity index (χ3n) is 25.9. The number of aromatic nitrogens is 9. The van der Waals surface area contributed by atoms with Crippen LogP contribution >= 0.6 is 11.3 Å². The lowest BCUT2D eigenvalue weighted by molar-refractivity contribution is 0.707. The van der Waals surface area contributed by atoms with E-state index in [0.717, 1.165) is 106 Å². The fourth-order valence-electron chi connectivity index (χ4n) is 20.1. The minimum atomic E-state index is -0.279. The van der Waals surface area contributed by atoms with Crippen molar-refractivity contribution < 1.29 is 0 Å². The fraction of sp³-hybridized carbons (Fsp3) is 0.0250. The summed E-state index contributed by atoms with van der Waals surface area (Å²) in [7, 11) is 0. The van der Waals surface area contributed by atoms with E-state index in [1.807, 2.05) is 60.4 Å². The van der Waals surface area contributed by atoms with Crippen molar-refractivity contribution in [3.05, 3.63) is 478 Å². The molecular weight excluding hydrogens is 1600 g/mol. The molecule has 0 N–H and O–H groups in total. The first kappa shape index (κ1) is 76.8. The summed E-state index contributed by atoms with van der Waals surface area (Å²) in [4.78, 5) is 24.5. The Morgan fingerprint density at radius 2 is 0.885 bits per heavy atom. The highest BCUT2D eigenvalue weighted by Gasteiger charge is 2.42. The van der Waals surface area contributed by atoms with E-state index in [1.54, 1.807) is 0 Å². The van der Waals surface area contributed by atoms with Crippen LogP contribution in [0, 0.1) is 0 Å². The number of allylic oxidation sites excluding steroid dienone is 1. The monoisotopic (exact) mass is 1680 g/mol. The zero-order valence-electron chi connectivity index (χ0n) is 71.2. The van der Waals surface area contributed by atoms with Gasteiger partial charge in [-0.15, -0.1) is 11.3 Å². The van der Waals surface area contributed by atoms with Crippen LogP contribution in [0.2, 0.25) is 0 Å². The lowest BCUT2D eigenvalue weighted by atomic mass is 9.77. The van der Waals surface area contributed by atoms with E-state index >= 15 is 0 Å². The third-order valence-corrected chi connectivity index (χ3v) is 27.1.